The highest BCUT2D eigenvalue weighted by Crippen LogP contribution is 2.24. The van der Waals surface area contributed by atoms with Gasteiger partial charge in [-0.1, -0.05) is 60.2 Å². The van der Waals surface area contributed by atoms with E-state index in [1.54, 1.807) is 13.0 Å². The average molecular weight is 417 g/mol. The first-order valence-corrected chi connectivity index (χ1v) is 10.2. The van der Waals surface area contributed by atoms with Crippen LogP contribution in [0.1, 0.15) is 22.6 Å². The van der Waals surface area contributed by atoms with E-state index in [4.69, 9.17) is 4.74 Å². The van der Waals surface area contributed by atoms with Crippen LogP contribution < -0.4 is 0 Å². The Bertz CT molecular complexity index is 1180. The number of benzene rings is 2. The van der Waals surface area contributed by atoms with E-state index in [0.29, 0.717) is 11.5 Å². The number of carbonyl (C=O) groups is 1. The summed E-state index contributed by atoms with van der Waals surface area (Å²) in [5.74, 6) is -0.0383. The number of tetrazole rings is 1. The van der Waals surface area contributed by atoms with Crippen molar-refractivity contribution in [3.8, 4) is 10.6 Å². The molecule has 0 N–H and O–H groups in total. The van der Waals surface area contributed by atoms with Gasteiger partial charge in [-0.2, -0.15) is 4.68 Å². The highest BCUT2D eigenvalue weighted by molar-refractivity contribution is 7.13. The number of hydrogen-bond acceptors (Lipinski definition) is 7. The standard InChI is InChI=1S/C22H19N5O2S/c1-15-8-10-18(11-9-15)21-23-19(14-30-21)13-29-22(28)20(27-16(2)24-25-26-27)12-17-6-4-3-5-7-17/h3-12,14H,13H2,1-2H3/b20-12-. The molecule has 0 aliphatic carbocycles. The molecule has 2 heterocycles. The molecule has 8 heteroatoms. The quantitative estimate of drug-likeness (QED) is 0.346. The minimum Gasteiger partial charge on any atom is -0.454 e. The van der Waals surface area contributed by atoms with Crippen LogP contribution in [0, 0.1) is 13.8 Å². The first-order chi connectivity index (χ1) is 14.6. The van der Waals surface area contributed by atoms with Crippen LogP contribution in [0.4, 0.5) is 0 Å². The van der Waals surface area contributed by atoms with Gasteiger partial charge >= 0.3 is 5.97 Å². The number of esters is 1. The Morgan fingerprint density at radius 1 is 1.10 bits per heavy atom. The van der Waals surface area contributed by atoms with Gasteiger partial charge in [-0.05, 0) is 35.9 Å². The topological polar surface area (TPSA) is 82.8 Å². The van der Waals surface area contributed by atoms with E-state index >= 15 is 0 Å². The normalized spacial score (nSPS) is 11.5. The molecule has 0 aliphatic heterocycles. The minimum absolute atomic E-state index is 0.0640. The van der Waals surface area contributed by atoms with Gasteiger partial charge < -0.3 is 4.74 Å². The second-order valence-electron chi connectivity index (χ2n) is 6.66. The van der Waals surface area contributed by atoms with Crippen LogP contribution in [0.25, 0.3) is 22.3 Å². The Balaban J connectivity index is 1.52. The van der Waals surface area contributed by atoms with E-state index in [2.05, 4.69) is 20.5 Å². The van der Waals surface area contributed by atoms with Crippen molar-refractivity contribution >= 4 is 29.1 Å². The molecule has 2 aromatic heterocycles. The Kier molecular flexibility index (Phi) is 5.76. The van der Waals surface area contributed by atoms with E-state index < -0.39 is 5.97 Å². The number of hydrogen-bond donors (Lipinski definition) is 0. The molecule has 0 atom stereocenters. The summed E-state index contributed by atoms with van der Waals surface area (Å²) in [6.07, 6.45) is 1.70. The van der Waals surface area contributed by atoms with Gasteiger partial charge in [0, 0.05) is 10.9 Å². The molecule has 0 unspecified atom stereocenters. The minimum atomic E-state index is -0.529. The zero-order chi connectivity index (χ0) is 20.9. The van der Waals surface area contributed by atoms with Crippen molar-refractivity contribution in [1.82, 2.24) is 25.2 Å². The van der Waals surface area contributed by atoms with Crippen LogP contribution in [0.3, 0.4) is 0 Å². The summed E-state index contributed by atoms with van der Waals surface area (Å²) in [6.45, 7) is 3.83. The molecule has 4 rings (SSSR count). The van der Waals surface area contributed by atoms with Crippen molar-refractivity contribution in [3.63, 3.8) is 0 Å². The van der Waals surface area contributed by atoms with Gasteiger partial charge in [0.2, 0.25) is 0 Å². The molecule has 0 bridgehead atoms. The molecule has 30 heavy (non-hydrogen) atoms. The van der Waals surface area contributed by atoms with Crippen molar-refractivity contribution in [2.24, 2.45) is 0 Å². The van der Waals surface area contributed by atoms with Gasteiger partial charge in [-0.25, -0.2) is 9.78 Å². The van der Waals surface area contributed by atoms with Crippen molar-refractivity contribution < 1.29 is 9.53 Å². The fourth-order valence-corrected chi connectivity index (χ4v) is 3.59. The Labute approximate surface area is 177 Å². The number of thiazole rings is 1. The number of nitrogens with zero attached hydrogens (tertiary/aromatic N) is 5. The van der Waals surface area contributed by atoms with Crippen molar-refractivity contribution in [2.45, 2.75) is 20.5 Å². The lowest BCUT2D eigenvalue weighted by atomic mass is 10.2. The van der Waals surface area contributed by atoms with Gasteiger partial charge in [0.05, 0.1) is 5.69 Å². The molecule has 0 aliphatic rings. The zero-order valence-corrected chi connectivity index (χ0v) is 17.3. The van der Waals surface area contributed by atoms with E-state index in [0.717, 1.165) is 16.1 Å². The third-order valence-corrected chi connectivity index (χ3v) is 5.31. The monoisotopic (exact) mass is 417 g/mol. The predicted octanol–water partition coefficient (Wildman–Crippen LogP) is 4.15. The van der Waals surface area contributed by atoms with Gasteiger partial charge in [0.25, 0.3) is 0 Å². The largest absolute Gasteiger partial charge is 0.454 e. The number of ether oxygens (including phenoxy) is 1. The summed E-state index contributed by atoms with van der Waals surface area (Å²) in [4.78, 5) is 17.4. The maximum Gasteiger partial charge on any atom is 0.357 e. The maximum absolute atomic E-state index is 12.9. The number of carbonyl (C=O) groups excluding carboxylic acids is 1. The summed E-state index contributed by atoms with van der Waals surface area (Å²) in [6, 6.07) is 17.6. The Morgan fingerprint density at radius 3 is 2.57 bits per heavy atom. The molecule has 150 valence electrons. The van der Waals surface area contributed by atoms with E-state index in [9.17, 15) is 4.79 Å². The predicted molar refractivity (Wildman–Crippen MR) is 115 cm³/mol. The summed E-state index contributed by atoms with van der Waals surface area (Å²) < 4.78 is 6.90. The molecule has 7 nitrogen and oxygen atoms in total. The average Bonchev–Trinajstić information content (AvgIpc) is 3.41. The van der Waals surface area contributed by atoms with E-state index in [1.807, 2.05) is 66.9 Å². The third-order valence-electron chi connectivity index (χ3n) is 4.37. The lowest BCUT2D eigenvalue weighted by molar-refractivity contribution is -0.138. The van der Waals surface area contributed by atoms with Crippen LogP contribution in [0.2, 0.25) is 0 Å². The zero-order valence-electron chi connectivity index (χ0n) is 16.5. The van der Waals surface area contributed by atoms with Crippen molar-refractivity contribution in [3.05, 3.63) is 82.6 Å². The molecule has 4 aromatic rings. The summed E-state index contributed by atoms with van der Waals surface area (Å²) >= 11 is 1.52. The fourth-order valence-electron chi connectivity index (χ4n) is 2.78. The summed E-state index contributed by atoms with van der Waals surface area (Å²) in [5, 5.41) is 14.2. The Morgan fingerprint density at radius 2 is 1.87 bits per heavy atom. The maximum atomic E-state index is 12.9. The van der Waals surface area contributed by atoms with Crippen molar-refractivity contribution in [2.75, 3.05) is 0 Å². The SMILES string of the molecule is Cc1ccc(-c2nc(COC(=O)/C(=C/c3ccccc3)n3nnnc3C)cs2)cc1. The van der Waals surface area contributed by atoms with Crippen LogP contribution in [-0.2, 0) is 16.1 Å². The van der Waals surface area contributed by atoms with Gasteiger partial charge in [-0.15, -0.1) is 16.4 Å². The summed E-state index contributed by atoms with van der Waals surface area (Å²) in [7, 11) is 0. The highest BCUT2D eigenvalue weighted by atomic mass is 32.1. The van der Waals surface area contributed by atoms with Gasteiger partial charge in [0.1, 0.15) is 11.6 Å². The molecule has 0 fully saturated rings. The number of rotatable bonds is 6. The third kappa shape index (κ3) is 4.49. The van der Waals surface area contributed by atoms with Crippen LogP contribution >= 0.6 is 11.3 Å². The van der Waals surface area contributed by atoms with Gasteiger partial charge in [0.15, 0.2) is 11.5 Å². The molecule has 0 saturated carbocycles. The summed E-state index contributed by atoms with van der Waals surface area (Å²) in [5.41, 5.74) is 4.00. The first kappa shape index (κ1) is 19.7. The number of aromatic nitrogens is 5. The van der Waals surface area contributed by atoms with Crippen LogP contribution in [-0.4, -0.2) is 31.2 Å². The lowest BCUT2D eigenvalue weighted by Crippen LogP contribution is -2.15. The first-order valence-electron chi connectivity index (χ1n) is 9.31. The molecular weight excluding hydrogens is 398 g/mol. The molecule has 0 radical (unpaired) electrons. The number of aryl methyl sites for hydroxylation is 2. The van der Waals surface area contributed by atoms with E-state index in [1.165, 1.54) is 21.6 Å². The molecule has 0 saturated heterocycles. The highest BCUT2D eigenvalue weighted by Gasteiger charge is 2.18. The fraction of sp³-hybridized carbons (Fsp3) is 0.136. The van der Waals surface area contributed by atoms with Crippen LogP contribution in [0.5, 0.6) is 0 Å². The smallest absolute Gasteiger partial charge is 0.357 e. The molecular formula is C22H19N5O2S. The Hall–Kier alpha value is -3.65. The lowest BCUT2D eigenvalue weighted by Gasteiger charge is -2.08. The second kappa shape index (κ2) is 8.79. The second-order valence-corrected chi connectivity index (χ2v) is 7.52. The molecule has 0 spiro atoms. The molecule has 0 amide bonds. The van der Waals surface area contributed by atoms with Crippen LogP contribution in [0.15, 0.2) is 60.0 Å². The van der Waals surface area contributed by atoms with Gasteiger partial charge in [-0.3, -0.25) is 0 Å². The molecule has 2 aromatic carbocycles. The van der Waals surface area contributed by atoms with Crippen molar-refractivity contribution in [1.29, 1.82) is 0 Å². The van der Waals surface area contributed by atoms with E-state index in [-0.39, 0.29) is 12.3 Å².